The van der Waals surface area contributed by atoms with Gasteiger partial charge in [-0.2, -0.15) is 5.26 Å². The van der Waals surface area contributed by atoms with E-state index in [1.165, 1.54) is 50.4 Å². The Bertz CT molecular complexity index is 1240. The summed E-state index contributed by atoms with van der Waals surface area (Å²) in [5.41, 5.74) is -1.10. The van der Waals surface area contributed by atoms with Crippen molar-refractivity contribution < 1.29 is 22.3 Å². The van der Waals surface area contributed by atoms with Crippen LogP contribution in [0.5, 0.6) is 11.6 Å². The SMILES string of the molecule is C[C@H]1C[C@@H]2[C@](c3cc(Oc4cc(C#N)ccn4)ccc3F)(CO1)NC(=N)C(C)(C)S2(=O)=O. The van der Waals surface area contributed by atoms with Crippen LogP contribution in [0.1, 0.15) is 38.3 Å². The van der Waals surface area contributed by atoms with Crippen molar-refractivity contribution >= 4 is 15.7 Å². The van der Waals surface area contributed by atoms with Crippen LogP contribution in [-0.2, 0) is 20.1 Å². The monoisotopic (exact) mass is 458 g/mol. The molecule has 32 heavy (non-hydrogen) atoms. The predicted octanol–water partition coefficient (Wildman–Crippen LogP) is 3.03. The zero-order valence-corrected chi connectivity index (χ0v) is 18.7. The number of nitriles is 1. The standard InChI is InChI=1S/C22H23FN4O4S/c1-13-8-18-22(12-30-13,27-20(25)21(2,3)32(18,28)29)16-10-15(4-5-17(16)23)31-19-9-14(11-24)6-7-26-19/h4-7,9-10,13,18H,8,12H2,1-3H3,(H2,25,27)/t13-,18+,22+/m0/s1. The summed E-state index contributed by atoms with van der Waals surface area (Å²) in [5, 5.41) is 19.4. The molecule has 0 unspecified atom stereocenters. The smallest absolute Gasteiger partial charge is 0.220 e. The summed E-state index contributed by atoms with van der Waals surface area (Å²) in [6.45, 7) is 4.60. The lowest BCUT2D eigenvalue weighted by Crippen LogP contribution is -2.73. The van der Waals surface area contributed by atoms with Gasteiger partial charge in [0, 0.05) is 17.8 Å². The van der Waals surface area contributed by atoms with E-state index in [0.717, 1.165) is 0 Å². The Morgan fingerprint density at radius 1 is 1.34 bits per heavy atom. The molecule has 4 rings (SSSR count). The number of fused-ring (bicyclic) bond motifs is 1. The molecule has 10 heteroatoms. The van der Waals surface area contributed by atoms with Crippen LogP contribution in [0, 0.1) is 22.6 Å². The van der Waals surface area contributed by atoms with Crippen LogP contribution < -0.4 is 10.1 Å². The highest BCUT2D eigenvalue weighted by atomic mass is 32.2. The molecule has 2 fully saturated rings. The van der Waals surface area contributed by atoms with Crippen molar-refractivity contribution in [2.45, 2.75) is 48.8 Å². The molecule has 3 heterocycles. The summed E-state index contributed by atoms with van der Waals surface area (Å²) >= 11 is 0. The van der Waals surface area contributed by atoms with Gasteiger partial charge >= 0.3 is 0 Å². The van der Waals surface area contributed by atoms with Crippen molar-refractivity contribution in [2.24, 2.45) is 0 Å². The van der Waals surface area contributed by atoms with Gasteiger partial charge in [0.2, 0.25) is 5.88 Å². The fraction of sp³-hybridized carbons (Fsp3) is 0.409. The number of ether oxygens (including phenoxy) is 2. The van der Waals surface area contributed by atoms with Crippen molar-refractivity contribution in [3.05, 3.63) is 53.5 Å². The molecule has 0 amide bonds. The molecule has 2 N–H and O–H groups in total. The van der Waals surface area contributed by atoms with Gasteiger partial charge in [-0.3, -0.25) is 5.41 Å². The van der Waals surface area contributed by atoms with Crippen LogP contribution in [0.25, 0.3) is 0 Å². The lowest BCUT2D eigenvalue weighted by atomic mass is 9.81. The minimum atomic E-state index is -3.87. The summed E-state index contributed by atoms with van der Waals surface area (Å²) in [6, 6.07) is 8.93. The van der Waals surface area contributed by atoms with E-state index in [1.807, 2.05) is 6.07 Å². The van der Waals surface area contributed by atoms with Gasteiger partial charge in [0.1, 0.15) is 27.7 Å². The summed E-state index contributed by atoms with van der Waals surface area (Å²) in [7, 11) is -3.87. The quantitative estimate of drug-likeness (QED) is 0.724. The molecular formula is C22H23FN4O4S. The second-order valence-electron chi connectivity index (χ2n) is 8.61. The van der Waals surface area contributed by atoms with Crippen molar-refractivity contribution in [1.82, 2.24) is 10.3 Å². The molecule has 2 aliphatic rings. The number of nitrogens with one attached hydrogen (secondary N) is 2. The Kier molecular flexibility index (Phi) is 5.22. The summed E-state index contributed by atoms with van der Waals surface area (Å²) < 4.78 is 52.3. The Morgan fingerprint density at radius 3 is 2.81 bits per heavy atom. The Morgan fingerprint density at radius 2 is 2.09 bits per heavy atom. The van der Waals surface area contributed by atoms with E-state index >= 15 is 4.39 Å². The fourth-order valence-electron chi connectivity index (χ4n) is 4.20. The molecule has 8 nitrogen and oxygen atoms in total. The summed E-state index contributed by atoms with van der Waals surface area (Å²) in [5.74, 6) is -0.510. The van der Waals surface area contributed by atoms with E-state index < -0.39 is 31.2 Å². The number of aromatic nitrogens is 1. The third kappa shape index (κ3) is 3.32. The van der Waals surface area contributed by atoms with Crippen LogP contribution in [-0.4, -0.2) is 41.9 Å². The maximum atomic E-state index is 15.2. The third-order valence-corrected chi connectivity index (χ3v) is 9.20. The maximum absolute atomic E-state index is 15.2. The lowest BCUT2D eigenvalue weighted by molar-refractivity contribution is -0.0270. The number of sulfone groups is 1. The average Bonchev–Trinajstić information content (AvgIpc) is 2.75. The highest BCUT2D eigenvalue weighted by Crippen LogP contribution is 2.46. The van der Waals surface area contributed by atoms with Crippen LogP contribution in [0.3, 0.4) is 0 Å². The first-order chi connectivity index (χ1) is 15.0. The molecule has 168 valence electrons. The first-order valence-electron chi connectivity index (χ1n) is 10.1. The van der Waals surface area contributed by atoms with Gasteiger partial charge in [-0.1, -0.05) is 0 Å². The third-order valence-electron chi connectivity index (χ3n) is 6.23. The van der Waals surface area contributed by atoms with Gasteiger partial charge < -0.3 is 14.8 Å². The van der Waals surface area contributed by atoms with Crippen LogP contribution in [0.15, 0.2) is 36.5 Å². The van der Waals surface area contributed by atoms with E-state index in [-0.39, 0.29) is 42.2 Å². The summed E-state index contributed by atoms with van der Waals surface area (Å²) in [4.78, 5) is 4.05. The molecule has 0 radical (unpaired) electrons. The van der Waals surface area contributed by atoms with Crippen LogP contribution in [0.4, 0.5) is 4.39 Å². The predicted molar refractivity (Wildman–Crippen MR) is 115 cm³/mol. The first kappa shape index (κ1) is 22.2. The van der Waals surface area contributed by atoms with E-state index in [0.29, 0.717) is 5.56 Å². The van der Waals surface area contributed by atoms with Crippen molar-refractivity contribution in [1.29, 1.82) is 10.7 Å². The second-order valence-corrected chi connectivity index (χ2v) is 11.3. The minimum absolute atomic E-state index is 0.0344. The minimum Gasteiger partial charge on any atom is -0.439 e. The first-order valence-corrected chi connectivity index (χ1v) is 11.6. The largest absolute Gasteiger partial charge is 0.439 e. The zero-order valence-electron chi connectivity index (χ0n) is 17.8. The van der Waals surface area contributed by atoms with Gasteiger partial charge in [0.15, 0.2) is 9.84 Å². The van der Waals surface area contributed by atoms with Crippen molar-refractivity contribution in [3.63, 3.8) is 0 Å². The lowest BCUT2D eigenvalue weighted by Gasteiger charge is -2.53. The molecule has 0 saturated carbocycles. The number of hydrogen-bond acceptors (Lipinski definition) is 7. The molecule has 1 aromatic heterocycles. The Labute approximate surface area is 185 Å². The highest BCUT2D eigenvalue weighted by molar-refractivity contribution is 7.94. The molecule has 1 aromatic carbocycles. The molecule has 0 aliphatic carbocycles. The Hall–Kier alpha value is -3.03. The van der Waals surface area contributed by atoms with Gasteiger partial charge in [-0.25, -0.2) is 17.8 Å². The number of amidine groups is 1. The van der Waals surface area contributed by atoms with Crippen LogP contribution >= 0.6 is 0 Å². The second kappa shape index (κ2) is 7.53. The zero-order chi connectivity index (χ0) is 23.3. The number of rotatable bonds is 3. The highest BCUT2D eigenvalue weighted by Gasteiger charge is 2.62. The molecule has 2 saturated heterocycles. The number of pyridine rings is 1. The van der Waals surface area contributed by atoms with Gasteiger partial charge in [-0.15, -0.1) is 0 Å². The topological polar surface area (TPSA) is 125 Å². The number of halogens is 1. The number of hydrogen-bond donors (Lipinski definition) is 2. The summed E-state index contributed by atoms with van der Waals surface area (Å²) in [6.07, 6.45) is 1.23. The molecule has 0 bridgehead atoms. The Balaban J connectivity index is 1.82. The van der Waals surface area contributed by atoms with E-state index in [4.69, 9.17) is 20.1 Å². The van der Waals surface area contributed by atoms with Gasteiger partial charge in [0.25, 0.3) is 0 Å². The maximum Gasteiger partial charge on any atom is 0.220 e. The average molecular weight is 459 g/mol. The molecule has 0 spiro atoms. The van der Waals surface area contributed by atoms with E-state index in [1.54, 1.807) is 6.92 Å². The molecule has 3 atom stereocenters. The molecular weight excluding hydrogens is 435 g/mol. The number of benzene rings is 1. The fourth-order valence-corrected chi connectivity index (χ4v) is 6.56. The number of nitrogens with zero attached hydrogens (tertiary/aromatic N) is 2. The van der Waals surface area contributed by atoms with Gasteiger partial charge in [0.05, 0.1) is 29.6 Å². The van der Waals surface area contributed by atoms with E-state index in [2.05, 4.69) is 10.3 Å². The normalized spacial score (nSPS) is 28.2. The molecule has 2 aromatic rings. The van der Waals surface area contributed by atoms with Crippen molar-refractivity contribution in [3.8, 4) is 17.7 Å². The van der Waals surface area contributed by atoms with Gasteiger partial charge in [-0.05, 0) is 51.5 Å². The van der Waals surface area contributed by atoms with Crippen LogP contribution in [0.2, 0.25) is 0 Å². The van der Waals surface area contributed by atoms with E-state index in [9.17, 15) is 8.42 Å². The molecule has 2 aliphatic heterocycles. The van der Waals surface area contributed by atoms with Crippen molar-refractivity contribution in [2.75, 3.05) is 6.61 Å².